The van der Waals surface area contributed by atoms with E-state index in [1.165, 1.54) is 29.8 Å². The van der Waals surface area contributed by atoms with Crippen LogP contribution in [0.3, 0.4) is 0 Å². The Morgan fingerprint density at radius 2 is 2.09 bits per heavy atom. The van der Waals surface area contributed by atoms with Gasteiger partial charge in [-0.15, -0.1) is 10.2 Å². The smallest absolute Gasteiger partial charge is 0.338 e. The number of esters is 1. The fraction of sp³-hybridized carbons (Fsp3) is 0.105. The number of hydrogen-bond acceptors (Lipinski definition) is 10. The standard InChI is InChI=1S/C19H14N6O5S2/c1-24-10-20-23-19(24)32-15-7-6-11(8-13(15)25(28)29)17(27)30-9-16(26)22-18-21-12-4-2-3-5-14(12)31-18/h2-8,10H,9H2,1H3,(H,21,22,26). The number of carbonyl (C=O) groups is 2. The summed E-state index contributed by atoms with van der Waals surface area (Å²) < 4.78 is 7.53. The fourth-order valence-electron chi connectivity index (χ4n) is 2.63. The van der Waals surface area contributed by atoms with Crippen LogP contribution in [0, 0.1) is 10.1 Å². The van der Waals surface area contributed by atoms with Gasteiger partial charge in [-0.3, -0.25) is 20.2 Å². The molecule has 2 heterocycles. The second kappa shape index (κ2) is 9.11. The summed E-state index contributed by atoms with van der Waals surface area (Å²) in [6.45, 7) is -0.558. The van der Waals surface area contributed by atoms with Crippen LogP contribution >= 0.6 is 23.1 Å². The molecule has 0 fully saturated rings. The number of nitro groups is 1. The van der Waals surface area contributed by atoms with Gasteiger partial charge in [0.25, 0.3) is 11.6 Å². The highest BCUT2D eigenvalue weighted by molar-refractivity contribution is 7.99. The number of fused-ring (bicyclic) bond motifs is 1. The first kappa shape index (κ1) is 21.4. The summed E-state index contributed by atoms with van der Waals surface area (Å²) in [7, 11) is 1.71. The molecule has 0 radical (unpaired) electrons. The number of ether oxygens (including phenoxy) is 1. The van der Waals surface area contributed by atoms with Gasteiger partial charge in [-0.1, -0.05) is 23.5 Å². The number of thiazole rings is 1. The van der Waals surface area contributed by atoms with Gasteiger partial charge in [0, 0.05) is 13.1 Å². The molecule has 162 valence electrons. The third kappa shape index (κ3) is 4.73. The van der Waals surface area contributed by atoms with Crippen molar-refractivity contribution in [2.24, 2.45) is 7.05 Å². The Morgan fingerprint density at radius 1 is 1.28 bits per heavy atom. The Kier molecular flexibility index (Phi) is 6.09. The highest BCUT2D eigenvalue weighted by Crippen LogP contribution is 2.34. The van der Waals surface area contributed by atoms with Gasteiger partial charge in [-0.05, 0) is 36.0 Å². The molecule has 11 nitrogen and oxygen atoms in total. The van der Waals surface area contributed by atoms with Crippen molar-refractivity contribution in [2.75, 3.05) is 11.9 Å². The minimum Gasteiger partial charge on any atom is -0.452 e. The van der Waals surface area contributed by atoms with E-state index in [0.29, 0.717) is 10.3 Å². The molecule has 2 aromatic heterocycles. The maximum Gasteiger partial charge on any atom is 0.338 e. The van der Waals surface area contributed by atoms with E-state index in [9.17, 15) is 19.7 Å². The number of carbonyl (C=O) groups excluding carboxylic acids is 2. The molecule has 0 aliphatic rings. The predicted molar refractivity (Wildman–Crippen MR) is 117 cm³/mol. The summed E-state index contributed by atoms with van der Waals surface area (Å²) in [5, 5.41) is 22.5. The van der Waals surface area contributed by atoms with E-state index in [0.717, 1.165) is 28.0 Å². The molecule has 0 spiro atoms. The van der Waals surface area contributed by atoms with Crippen LogP contribution in [0.25, 0.3) is 10.2 Å². The van der Waals surface area contributed by atoms with E-state index in [1.54, 1.807) is 11.6 Å². The molecule has 13 heteroatoms. The quantitative estimate of drug-likeness (QED) is 0.244. The van der Waals surface area contributed by atoms with Gasteiger partial charge < -0.3 is 9.30 Å². The monoisotopic (exact) mass is 470 g/mol. The lowest BCUT2D eigenvalue weighted by molar-refractivity contribution is -0.387. The van der Waals surface area contributed by atoms with Crippen LogP contribution in [0.1, 0.15) is 10.4 Å². The lowest BCUT2D eigenvalue weighted by atomic mass is 10.2. The summed E-state index contributed by atoms with van der Waals surface area (Å²) in [5.74, 6) is -1.43. The molecule has 0 bridgehead atoms. The van der Waals surface area contributed by atoms with E-state index in [-0.39, 0.29) is 16.1 Å². The second-order valence-electron chi connectivity index (χ2n) is 6.38. The Bertz CT molecular complexity index is 1300. The number of nitrogens with one attached hydrogen (secondary N) is 1. The Hall–Kier alpha value is -3.84. The van der Waals surface area contributed by atoms with Gasteiger partial charge in [-0.2, -0.15) is 0 Å². The molecule has 0 unspecified atom stereocenters. The molecule has 4 aromatic rings. The first-order chi connectivity index (χ1) is 15.4. The number of nitrogens with zero attached hydrogens (tertiary/aromatic N) is 5. The fourth-order valence-corrected chi connectivity index (χ4v) is 4.36. The molecule has 2 aromatic carbocycles. The lowest BCUT2D eigenvalue weighted by Gasteiger charge is -2.07. The van der Waals surface area contributed by atoms with Gasteiger partial charge in [0.05, 0.1) is 25.6 Å². The van der Waals surface area contributed by atoms with Gasteiger partial charge in [0.15, 0.2) is 16.9 Å². The normalized spacial score (nSPS) is 10.8. The summed E-state index contributed by atoms with van der Waals surface area (Å²) in [4.78, 5) is 39.9. The molecule has 0 aliphatic carbocycles. The molecule has 1 amide bonds. The minimum absolute atomic E-state index is 0.0493. The van der Waals surface area contributed by atoms with Crippen molar-refractivity contribution in [2.45, 2.75) is 10.1 Å². The van der Waals surface area contributed by atoms with Crippen molar-refractivity contribution in [3.05, 3.63) is 64.5 Å². The topological polar surface area (TPSA) is 142 Å². The largest absolute Gasteiger partial charge is 0.452 e. The SMILES string of the molecule is Cn1cnnc1Sc1ccc(C(=O)OCC(=O)Nc2nc3ccccc3s2)cc1[N+](=O)[O-]. The van der Waals surface area contributed by atoms with Crippen LogP contribution < -0.4 is 5.32 Å². The number of para-hydroxylation sites is 1. The molecule has 0 saturated heterocycles. The van der Waals surface area contributed by atoms with Gasteiger partial charge in [0.2, 0.25) is 0 Å². The van der Waals surface area contributed by atoms with E-state index in [1.807, 2.05) is 24.3 Å². The minimum atomic E-state index is -0.859. The van der Waals surface area contributed by atoms with Crippen molar-refractivity contribution in [3.8, 4) is 0 Å². The zero-order valence-electron chi connectivity index (χ0n) is 16.4. The van der Waals surface area contributed by atoms with Crippen LogP contribution in [0.5, 0.6) is 0 Å². The van der Waals surface area contributed by atoms with Crippen molar-refractivity contribution in [3.63, 3.8) is 0 Å². The molecule has 4 rings (SSSR count). The molecule has 0 saturated carbocycles. The molecular formula is C19H14N6O5S2. The molecule has 1 N–H and O–H groups in total. The van der Waals surface area contributed by atoms with Gasteiger partial charge in [0.1, 0.15) is 6.33 Å². The number of hydrogen-bond donors (Lipinski definition) is 1. The first-order valence-corrected chi connectivity index (χ1v) is 10.7. The third-order valence-electron chi connectivity index (χ3n) is 4.14. The predicted octanol–water partition coefficient (Wildman–Crippen LogP) is 3.28. The number of benzene rings is 2. The highest BCUT2D eigenvalue weighted by Gasteiger charge is 2.21. The zero-order chi connectivity index (χ0) is 22.7. The van der Waals surface area contributed by atoms with Crippen LogP contribution in [-0.2, 0) is 16.6 Å². The van der Waals surface area contributed by atoms with Crippen LogP contribution in [0.2, 0.25) is 0 Å². The van der Waals surface area contributed by atoms with E-state index in [2.05, 4.69) is 20.5 Å². The summed E-state index contributed by atoms with van der Waals surface area (Å²) >= 11 is 2.34. The Balaban J connectivity index is 1.41. The lowest BCUT2D eigenvalue weighted by Crippen LogP contribution is -2.20. The number of anilines is 1. The summed E-state index contributed by atoms with van der Waals surface area (Å²) in [6, 6.07) is 11.3. The molecule has 0 aliphatic heterocycles. The Labute approximate surface area is 188 Å². The number of aryl methyl sites for hydroxylation is 1. The van der Waals surface area contributed by atoms with Gasteiger partial charge >= 0.3 is 5.97 Å². The molecular weight excluding hydrogens is 456 g/mol. The summed E-state index contributed by atoms with van der Waals surface area (Å²) in [5.41, 5.74) is 0.412. The third-order valence-corrected chi connectivity index (χ3v) is 6.21. The van der Waals surface area contributed by atoms with Crippen molar-refractivity contribution in [1.82, 2.24) is 19.7 Å². The average Bonchev–Trinajstić information content (AvgIpc) is 3.37. The van der Waals surface area contributed by atoms with Crippen molar-refractivity contribution < 1.29 is 19.2 Å². The molecule has 0 atom stereocenters. The first-order valence-electron chi connectivity index (χ1n) is 9.03. The van der Waals surface area contributed by atoms with Crippen molar-refractivity contribution >= 4 is 56.0 Å². The van der Waals surface area contributed by atoms with Crippen LogP contribution in [0.15, 0.2) is 58.8 Å². The maximum absolute atomic E-state index is 12.3. The van der Waals surface area contributed by atoms with Crippen molar-refractivity contribution in [1.29, 1.82) is 0 Å². The number of aromatic nitrogens is 4. The maximum atomic E-state index is 12.3. The average molecular weight is 470 g/mol. The van der Waals surface area contributed by atoms with Crippen LogP contribution in [0.4, 0.5) is 10.8 Å². The second-order valence-corrected chi connectivity index (χ2v) is 8.42. The number of rotatable bonds is 7. The van der Waals surface area contributed by atoms with E-state index >= 15 is 0 Å². The number of amides is 1. The van der Waals surface area contributed by atoms with E-state index in [4.69, 9.17) is 4.74 Å². The Morgan fingerprint density at radius 3 is 2.81 bits per heavy atom. The van der Waals surface area contributed by atoms with Gasteiger partial charge in [-0.25, -0.2) is 9.78 Å². The number of nitro benzene ring substituents is 1. The van der Waals surface area contributed by atoms with E-state index < -0.39 is 23.4 Å². The summed E-state index contributed by atoms with van der Waals surface area (Å²) in [6.07, 6.45) is 1.47. The zero-order valence-corrected chi connectivity index (χ0v) is 18.1. The molecule has 32 heavy (non-hydrogen) atoms. The van der Waals surface area contributed by atoms with Crippen LogP contribution in [-0.4, -0.2) is 43.2 Å². The highest BCUT2D eigenvalue weighted by atomic mass is 32.2.